The third-order valence-electron chi connectivity index (χ3n) is 3.91. The smallest absolute Gasteiger partial charge is 0.340 e. The lowest BCUT2D eigenvalue weighted by Crippen LogP contribution is -2.43. The molecule has 1 saturated heterocycles. The lowest BCUT2D eigenvalue weighted by molar-refractivity contribution is -0.148. The molecule has 1 N–H and O–H groups in total. The lowest BCUT2D eigenvalue weighted by Gasteiger charge is -2.31. The summed E-state index contributed by atoms with van der Waals surface area (Å²) in [5.41, 5.74) is 0.297. The van der Waals surface area contributed by atoms with Crippen molar-refractivity contribution in [3.05, 3.63) is 23.9 Å². The Balaban J connectivity index is 1.91. The van der Waals surface area contributed by atoms with E-state index < -0.39 is 19.0 Å². The number of hydrogen-bond donors (Lipinski definition) is 1. The molecular weight excluding hydrogens is 330 g/mol. The van der Waals surface area contributed by atoms with Crippen LogP contribution in [0.15, 0.2) is 18.3 Å². The maximum atomic E-state index is 12.8. The van der Waals surface area contributed by atoms with Gasteiger partial charge in [0.2, 0.25) is 5.88 Å². The minimum atomic E-state index is -4.24. The van der Waals surface area contributed by atoms with Crippen molar-refractivity contribution < 1.29 is 27.1 Å². The van der Waals surface area contributed by atoms with Crippen LogP contribution in [0.4, 0.5) is 17.6 Å². The molecule has 9 heteroatoms. The lowest BCUT2D eigenvalue weighted by atomic mass is 10.0. The maximum Gasteiger partial charge on any atom is 0.340 e. The molecule has 2 heterocycles. The molecule has 1 aromatic heterocycles. The zero-order valence-corrected chi connectivity index (χ0v) is 13.1. The number of hydrogen-bond acceptors (Lipinski definition) is 4. The van der Waals surface area contributed by atoms with Crippen LogP contribution in [0.2, 0.25) is 0 Å². The van der Waals surface area contributed by atoms with Crippen LogP contribution < -0.4 is 10.1 Å². The third-order valence-corrected chi connectivity index (χ3v) is 3.91. The molecule has 0 aliphatic carbocycles. The highest BCUT2D eigenvalue weighted by molar-refractivity contribution is 5.94. The van der Waals surface area contributed by atoms with Crippen LogP contribution in [0.1, 0.15) is 23.2 Å². The summed E-state index contributed by atoms with van der Waals surface area (Å²) in [6.07, 6.45) is -0.916. The maximum absolute atomic E-state index is 12.8. The molecule has 1 aliphatic rings. The number of alkyl halides is 4. The van der Waals surface area contributed by atoms with Crippen molar-refractivity contribution in [1.82, 2.24) is 15.2 Å². The van der Waals surface area contributed by atoms with Gasteiger partial charge in [0, 0.05) is 31.4 Å². The van der Waals surface area contributed by atoms with Gasteiger partial charge in [-0.15, -0.1) is 0 Å². The fourth-order valence-corrected chi connectivity index (χ4v) is 2.38. The van der Waals surface area contributed by atoms with E-state index in [9.17, 15) is 22.4 Å². The van der Waals surface area contributed by atoms with E-state index in [1.54, 1.807) is 4.90 Å². The van der Waals surface area contributed by atoms with Gasteiger partial charge in [-0.25, -0.2) is 13.8 Å². The molecule has 0 aromatic carbocycles. The summed E-state index contributed by atoms with van der Waals surface area (Å²) in [6, 6.07) is 2.99. The van der Waals surface area contributed by atoms with Crippen LogP contribution in [0, 0.1) is 0 Å². The largest absolute Gasteiger partial charge is 0.471 e. The normalized spacial score (nSPS) is 16.5. The van der Waals surface area contributed by atoms with Gasteiger partial charge in [-0.1, -0.05) is 0 Å². The van der Waals surface area contributed by atoms with Crippen LogP contribution in [0.25, 0.3) is 0 Å². The van der Waals surface area contributed by atoms with Crippen LogP contribution in [0.3, 0.4) is 0 Å². The molecule has 0 spiro atoms. The molecule has 1 fully saturated rings. The molecule has 0 radical (unpaired) electrons. The molecular formula is C15H19F4N3O2. The Kier molecular flexibility index (Phi) is 5.98. The third kappa shape index (κ3) is 4.56. The summed E-state index contributed by atoms with van der Waals surface area (Å²) in [5.74, 6) is -4.68. The van der Waals surface area contributed by atoms with Crippen LogP contribution >= 0.6 is 0 Å². The Morgan fingerprint density at radius 1 is 1.42 bits per heavy atom. The van der Waals surface area contributed by atoms with Crippen LogP contribution in [0.5, 0.6) is 5.88 Å². The van der Waals surface area contributed by atoms with Crippen molar-refractivity contribution in [3.8, 4) is 5.88 Å². The first kappa shape index (κ1) is 18.4. The van der Waals surface area contributed by atoms with E-state index in [2.05, 4.69) is 15.0 Å². The number of rotatable bonds is 6. The fourth-order valence-electron chi connectivity index (χ4n) is 2.38. The molecule has 5 nitrogen and oxygen atoms in total. The van der Waals surface area contributed by atoms with Crippen molar-refractivity contribution in [2.45, 2.75) is 31.2 Å². The standard InChI is InChI=1S/C15H19F4N3O2/c1-20-11-4-6-22(7-5-11)13(23)10-2-3-12(21-8-10)24-9-15(18,19)14(16)17/h2-3,8,11,14,20H,4-7,9H2,1H3. The SMILES string of the molecule is CNC1CCN(C(=O)c2ccc(OCC(F)(F)C(F)F)nc2)CC1. The molecule has 1 amide bonds. The molecule has 1 aliphatic heterocycles. The average molecular weight is 349 g/mol. The summed E-state index contributed by atoms with van der Waals surface area (Å²) >= 11 is 0. The zero-order valence-electron chi connectivity index (χ0n) is 13.1. The summed E-state index contributed by atoms with van der Waals surface area (Å²) in [5, 5.41) is 3.16. The van der Waals surface area contributed by atoms with Gasteiger partial charge in [0.05, 0.1) is 5.56 Å². The van der Waals surface area contributed by atoms with Crippen molar-refractivity contribution in [1.29, 1.82) is 0 Å². The second kappa shape index (κ2) is 7.78. The predicted molar refractivity (Wildman–Crippen MR) is 78.7 cm³/mol. The number of likely N-dealkylation sites (tertiary alicyclic amines) is 1. The fraction of sp³-hybridized carbons (Fsp3) is 0.600. The highest BCUT2D eigenvalue weighted by Crippen LogP contribution is 2.24. The number of piperidine rings is 1. The number of nitrogens with zero attached hydrogens (tertiary/aromatic N) is 2. The highest BCUT2D eigenvalue weighted by atomic mass is 19.3. The van der Waals surface area contributed by atoms with E-state index in [-0.39, 0.29) is 11.8 Å². The molecule has 0 saturated carbocycles. The first-order valence-electron chi connectivity index (χ1n) is 7.55. The van der Waals surface area contributed by atoms with E-state index in [4.69, 9.17) is 0 Å². The van der Waals surface area contributed by atoms with Crippen molar-refractivity contribution in [2.75, 3.05) is 26.7 Å². The monoisotopic (exact) mass is 349 g/mol. The van der Waals surface area contributed by atoms with Crippen molar-refractivity contribution in [3.63, 3.8) is 0 Å². The molecule has 2 rings (SSSR count). The summed E-state index contributed by atoms with van der Waals surface area (Å²) in [6.45, 7) is -0.241. The number of aromatic nitrogens is 1. The zero-order chi connectivity index (χ0) is 17.7. The van der Waals surface area contributed by atoms with Gasteiger partial charge in [0.15, 0.2) is 6.61 Å². The Morgan fingerprint density at radius 3 is 2.58 bits per heavy atom. The number of amides is 1. The van der Waals surface area contributed by atoms with Crippen molar-refractivity contribution in [2.24, 2.45) is 0 Å². The average Bonchev–Trinajstić information content (AvgIpc) is 2.60. The molecule has 1 aromatic rings. The topological polar surface area (TPSA) is 54.5 Å². The summed E-state index contributed by atoms with van der Waals surface area (Å²) in [7, 11) is 1.88. The van der Waals surface area contributed by atoms with Gasteiger partial charge in [-0.2, -0.15) is 8.78 Å². The number of carbonyl (C=O) groups excluding carboxylic acids is 1. The Labute approximate surface area is 137 Å². The van der Waals surface area contributed by atoms with Gasteiger partial charge in [-0.3, -0.25) is 4.79 Å². The first-order valence-corrected chi connectivity index (χ1v) is 7.55. The quantitative estimate of drug-likeness (QED) is 0.800. The minimum Gasteiger partial charge on any atom is -0.471 e. The Morgan fingerprint density at radius 2 is 2.08 bits per heavy atom. The highest BCUT2D eigenvalue weighted by Gasteiger charge is 2.41. The molecule has 0 bridgehead atoms. The van der Waals surface area contributed by atoms with E-state index in [0.717, 1.165) is 12.8 Å². The van der Waals surface area contributed by atoms with Crippen LogP contribution in [-0.2, 0) is 0 Å². The van der Waals surface area contributed by atoms with Gasteiger partial charge in [0.1, 0.15) is 0 Å². The number of pyridine rings is 1. The van der Waals surface area contributed by atoms with E-state index >= 15 is 0 Å². The number of carbonyl (C=O) groups is 1. The molecule has 24 heavy (non-hydrogen) atoms. The molecule has 0 unspecified atom stereocenters. The predicted octanol–water partition coefficient (Wildman–Crippen LogP) is 2.18. The number of nitrogens with one attached hydrogen (secondary N) is 1. The van der Waals surface area contributed by atoms with Crippen molar-refractivity contribution >= 4 is 5.91 Å². The van der Waals surface area contributed by atoms with Gasteiger partial charge in [0.25, 0.3) is 5.91 Å². The van der Waals surface area contributed by atoms with Gasteiger partial charge < -0.3 is 15.0 Å². The Hall–Kier alpha value is -1.90. The number of halogens is 4. The minimum absolute atomic E-state index is 0.207. The summed E-state index contributed by atoms with van der Waals surface area (Å²) in [4.78, 5) is 17.7. The van der Waals surface area contributed by atoms with Gasteiger partial charge in [-0.05, 0) is 26.0 Å². The van der Waals surface area contributed by atoms with Crippen LogP contribution in [-0.4, -0.2) is 60.9 Å². The number of ether oxygens (including phenoxy) is 1. The molecule has 134 valence electrons. The summed E-state index contributed by atoms with van der Waals surface area (Å²) < 4.78 is 54.2. The Bertz CT molecular complexity index is 546. The van der Waals surface area contributed by atoms with E-state index in [1.165, 1.54) is 18.3 Å². The second-order valence-electron chi connectivity index (χ2n) is 5.59. The van der Waals surface area contributed by atoms with E-state index in [1.807, 2.05) is 7.05 Å². The molecule has 0 atom stereocenters. The van der Waals surface area contributed by atoms with E-state index in [0.29, 0.717) is 24.7 Å². The van der Waals surface area contributed by atoms with Gasteiger partial charge >= 0.3 is 12.3 Å². The second-order valence-corrected chi connectivity index (χ2v) is 5.59. The first-order chi connectivity index (χ1) is 11.3.